The fourth-order valence-corrected chi connectivity index (χ4v) is 3.50. The third-order valence-electron chi connectivity index (χ3n) is 4.81. The molecule has 2 aliphatic heterocycles. The lowest BCUT2D eigenvalue weighted by Gasteiger charge is -2.36. The van der Waals surface area contributed by atoms with Gasteiger partial charge in [0.1, 0.15) is 11.8 Å². The van der Waals surface area contributed by atoms with Crippen molar-refractivity contribution in [3.63, 3.8) is 0 Å². The standard InChI is InChI=1S/C21H22N2O3/c1-15-13-23(14-20(25-15)17-10-6-3-7-11-17)21(24)18-12-19(26-22-18)16-8-4-2-5-9-16/h2-11,15,19-20H,12-14H2,1H3/t15-,19+,20-/m1/s1. The molecular weight excluding hydrogens is 328 g/mol. The molecule has 3 atom stereocenters. The number of rotatable bonds is 3. The molecule has 2 aromatic carbocycles. The van der Waals surface area contributed by atoms with E-state index in [1.165, 1.54) is 0 Å². The highest BCUT2D eigenvalue weighted by atomic mass is 16.6. The average molecular weight is 350 g/mol. The number of carbonyl (C=O) groups is 1. The zero-order valence-electron chi connectivity index (χ0n) is 14.7. The summed E-state index contributed by atoms with van der Waals surface area (Å²) in [4.78, 5) is 20.3. The van der Waals surface area contributed by atoms with Crippen LogP contribution in [0.25, 0.3) is 0 Å². The van der Waals surface area contributed by atoms with Crippen LogP contribution < -0.4 is 0 Å². The SMILES string of the molecule is C[C@@H]1CN(C(=O)C2=NO[C@H](c3ccccc3)C2)C[C@H](c2ccccc2)O1. The molecule has 4 rings (SSSR count). The first kappa shape index (κ1) is 16.8. The van der Waals surface area contributed by atoms with Gasteiger partial charge in [-0.1, -0.05) is 65.8 Å². The average Bonchev–Trinajstić information content (AvgIpc) is 3.18. The monoisotopic (exact) mass is 350 g/mol. The Bertz CT molecular complexity index is 791. The highest BCUT2D eigenvalue weighted by Crippen LogP contribution is 2.29. The van der Waals surface area contributed by atoms with Crippen LogP contribution in [0, 0.1) is 0 Å². The lowest BCUT2D eigenvalue weighted by atomic mass is 10.0. The van der Waals surface area contributed by atoms with E-state index in [1.807, 2.05) is 72.5 Å². The number of ether oxygens (including phenoxy) is 1. The number of benzene rings is 2. The van der Waals surface area contributed by atoms with E-state index in [-0.39, 0.29) is 24.2 Å². The topological polar surface area (TPSA) is 51.1 Å². The van der Waals surface area contributed by atoms with Crippen LogP contribution in [0.3, 0.4) is 0 Å². The minimum absolute atomic E-state index is 0.0225. The number of carbonyl (C=O) groups excluding carboxylic acids is 1. The van der Waals surface area contributed by atoms with Crippen molar-refractivity contribution >= 4 is 11.6 Å². The molecule has 5 nitrogen and oxygen atoms in total. The second-order valence-corrected chi connectivity index (χ2v) is 6.80. The Morgan fingerprint density at radius 2 is 1.58 bits per heavy atom. The van der Waals surface area contributed by atoms with Crippen molar-refractivity contribution in [2.45, 2.75) is 31.7 Å². The van der Waals surface area contributed by atoms with Crippen LogP contribution in [0.2, 0.25) is 0 Å². The van der Waals surface area contributed by atoms with Gasteiger partial charge in [-0.05, 0) is 18.1 Å². The summed E-state index contributed by atoms with van der Waals surface area (Å²) in [5.74, 6) is -0.0560. The van der Waals surface area contributed by atoms with E-state index in [2.05, 4.69) is 5.16 Å². The first-order chi connectivity index (χ1) is 12.7. The van der Waals surface area contributed by atoms with Crippen LogP contribution in [-0.2, 0) is 14.4 Å². The summed E-state index contributed by atoms with van der Waals surface area (Å²) in [7, 11) is 0. The van der Waals surface area contributed by atoms with Gasteiger partial charge in [-0.2, -0.15) is 0 Å². The first-order valence-corrected chi connectivity index (χ1v) is 8.98. The number of oxime groups is 1. The van der Waals surface area contributed by atoms with E-state index in [0.29, 0.717) is 25.2 Å². The zero-order chi connectivity index (χ0) is 17.9. The van der Waals surface area contributed by atoms with Gasteiger partial charge in [-0.25, -0.2) is 0 Å². The largest absolute Gasteiger partial charge is 0.387 e. The second kappa shape index (κ2) is 7.30. The summed E-state index contributed by atoms with van der Waals surface area (Å²) in [5.41, 5.74) is 2.61. The minimum atomic E-state index is -0.182. The van der Waals surface area contributed by atoms with Crippen LogP contribution in [0.5, 0.6) is 0 Å². The van der Waals surface area contributed by atoms with Gasteiger partial charge in [0.15, 0.2) is 6.10 Å². The zero-order valence-corrected chi connectivity index (χ0v) is 14.7. The quantitative estimate of drug-likeness (QED) is 0.851. The first-order valence-electron chi connectivity index (χ1n) is 8.98. The Balaban J connectivity index is 1.44. The predicted molar refractivity (Wildman–Crippen MR) is 98.6 cm³/mol. The van der Waals surface area contributed by atoms with Gasteiger partial charge in [-0.15, -0.1) is 0 Å². The minimum Gasteiger partial charge on any atom is -0.387 e. The molecule has 1 saturated heterocycles. The fraction of sp³-hybridized carbons (Fsp3) is 0.333. The lowest BCUT2D eigenvalue weighted by Crippen LogP contribution is -2.48. The lowest BCUT2D eigenvalue weighted by molar-refractivity contribution is -0.138. The van der Waals surface area contributed by atoms with Gasteiger partial charge in [0.05, 0.1) is 12.6 Å². The smallest absolute Gasteiger partial charge is 0.272 e. The van der Waals surface area contributed by atoms with Crippen LogP contribution in [0.15, 0.2) is 65.8 Å². The molecule has 0 aromatic heterocycles. The van der Waals surface area contributed by atoms with Crippen molar-refractivity contribution in [2.24, 2.45) is 5.16 Å². The van der Waals surface area contributed by atoms with Crippen molar-refractivity contribution in [1.29, 1.82) is 0 Å². The molecule has 0 unspecified atom stereocenters. The molecule has 134 valence electrons. The van der Waals surface area contributed by atoms with Gasteiger partial charge in [-0.3, -0.25) is 4.79 Å². The Kier molecular flexibility index (Phi) is 4.71. The third kappa shape index (κ3) is 3.48. The Labute approximate surface area is 153 Å². The third-order valence-corrected chi connectivity index (χ3v) is 4.81. The van der Waals surface area contributed by atoms with E-state index in [0.717, 1.165) is 11.1 Å². The van der Waals surface area contributed by atoms with E-state index in [4.69, 9.17) is 9.57 Å². The maximum atomic E-state index is 13.0. The molecule has 0 bridgehead atoms. The van der Waals surface area contributed by atoms with Crippen LogP contribution >= 0.6 is 0 Å². The van der Waals surface area contributed by atoms with Crippen molar-refractivity contribution in [3.05, 3.63) is 71.8 Å². The summed E-state index contributed by atoms with van der Waals surface area (Å²) in [6.07, 6.45) is 0.186. The molecule has 2 aromatic rings. The van der Waals surface area contributed by atoms with E-state index < -0.39 is 0 Å². The van der Waals surface area contributed by atoms with Gasteiger partial charge >= 0.3 is 0 Å². The molecule has 0 aliphatic carbocycles. The fourth-order valence-electron chi connectivity index (χ4n) is 3.50. The molecule has 0 saturated carbocycles. The van der Waals surface area contributed by atoms with Crippen LogP contribution in [0.4, 0.5) is 0 Å². The van der Waals surface area contributed by atoms with Crippen molar-refractivity contribution in [2.75, 3.05) is 13.1 Å². The Morgan fingerprint density at radius 3 is 2.23 bits per heavy atom. The predicted octanol–water partition coefficient (Wildman–Crippen LogP) is 3.49. The number of morpholine rings is 1. The number of amides is 1. The molecule has 2 heterocycles. The van der Waals surface area contributed by atoms with Crippen molar-refractivity contribution < 1.29 is 14.4 Å². The highest BCUT2D eigenvalue weighted by Gasteiger charge is 2.35. The molecule has 0 N–H and O–H groups in total. The maximum Gasteiger partial charge on any atom is 0.272 e. The number of nitrogens with zero attached hydrogens (tertiary/aromatic N) is 2. The summed E-state index contributed by atoms with van der Waals surface area (Å²) in [6, 6.07) is 19.9. The van der Waals surface area contributed by atoms with Gasteiger partial charge < -0.3 is 14.5 Å². The second-order valence-electron chi connectivity index (χ2n) is 6.80. The molecular formula is C21H22N2O3. The van der Waals surface area contributed by atoms with E-state index >= 15 is 0 Å². The Hall–Kier alpha value is -2.66. The summed E-state index contributed by atoms with van der Waals surface area (Å²) in [6.45, 7) is 3.09. The molecule has 0 spiro atoms. The normalized spacial score (nSPS) is 25.5. The van der Waals surface area contributed by atoms with Crippen molar-refractivity contribution in [1.82, 2.24) is 4.90 Å². The van der Waals surface area contributed by atoms with Gasteiger partial charge in [0, 0.05) is 13.0 Å². The van der Waals surface area contributed by atoms with Gasteiger partial charge in [0.25, 0.3) is 5.91 Å². The summed E-state index contributed by atoms with van der Waals surface area (Å²) >= 11 is 0. The summed E-state index contributed by atoms with van der Waals surface area (Å²) < 4.78 is 6.04. The van der Waals surface area contributed by atoms with Crippen LogP contribution in [-0.4, -0.2) is 35.7 Å². The number of hydrogen-bond donors (Lipinski definition) is 0. The molecule has 1 amide bonds. The molecule has 2 aliphatic rings. The summed E-state index contributed by atoms with van der Waals surface area (Å²) in [5, 5.41) is 4.08. The highest BCUT2D eigenvalue weighted by molar-refractivity contribution is 6.39. The van der Waals surface area contributed by atoms with Gasteiger partial charge in [0.2, 0.25) is 0 Å². The molecule has 26 heavy (non-hydrogen) atoms. The van der Waals surface area contributed by atoms with E-state index in [9.17, 15) is 4.79 Å². The number of hydrogen-bond acceptors (Lipinski definition) is 4. The Morgan fingerprint density at radius 1 is 0.962 bits per heavy atom. The maximum absolute atomic E-state index is 13.0. The van der Waals surface area contributed by atoms with Crippen LogP contribution in [0.1, 0.15) is 36.7 Å². The molecule has 0 radical (unpaired) electrons. The van der Waals surface area contributed by atoms with Crippen molar-refractivity contribution in [3.8, 4) is 0 Å². The molecule has 1 fully saturated rings. The van der Waals surface area contributed by atoms with E-state index in [1.54, 1.807) is 0 Å². The molecule has 5 heteroatoms.